The van der Waals surface area contributed by atoms with Gasteiger partial charge in [0.25, 0.3) is 0 Å². The number of aliphatic hydroxyl groups excluding tert-OH is 1. The largest absolute Gasteiger partial charge is 0.392 e. The molecule has 0 spiro atoms. The first-order valence-electron chi connectivity index (χ1n) is 5.61. The van der Waals surface area contributed by atoms with E-state index in [1.165, 1.54) is 5.56 Å². The first-order chi connectivity index (χ1) is 7.72. The van der Waals surface area contributed by atoms with E-state index in [1.54, 1.807) is 0 Å². The van der Waals surface area contributed by atoms with Gasteiger partial charge in [0.05, 0.1) is 13.2 Å². The lowest BCUT2D eigenvalue weighted by atomic mass is 10.0. The fourth-order valence-electron chi connectivity index (χ4n) is 1.57. The predicted octanol–water partition coefficient (Wildman–Crippen LogP) is 2.78. The standard InChI is InChI=1S/C14H20O2/c1-12(9-15)8-13(2)10-16-11-14-6-4-3-5-7-14/h3-7,13,15H,1,8-11H2,2H3/t13-/m1/s1. The van der Waals surface area contributed by atoms with E-state index < -0.39 is 0 Å². The van der Waals surface area contributed by atoms with Crippen LogP contribution in [0.2, 0.25) is 0 Å². The highest BCUT2D eigenvalue weighted by molar-refractivity contribution is 5.13. The molecule has 0 aliphatic rings. The van der Waals surface area contributed by atoms with Crippen LogP contribution in [0.25, 0.3) is 0 Å². The normalized spacial score (nSPS) is 12.4. The third kappa shape index (κ3) is 5.10. The summed E-state index contributed by atoms with van der Waals surface area (Å²) in [5, 5.41) is 8.85. The molecule has 0 amide bonds. The van der Waals surface area contributed by atoms with Crippen LogP contribution in [-0.4, -0.2) is 18.3 Å². The second-order valence-electron chi connectivity index (χ2n) is 4.22. The Morgan fingerprint density at radius 3 is 2.69 bits per heavy atom. The first-order valence-corrected chi connectivity index (χ1v) is 5.61. The van der Waals surface area contributed by atoms with Crippen molar-refractivity contribution < 1.29 is 9.84 Å². The highest BCUT2D eigenvalue weighted by Gasteiger charge is 2.04. The molecule has 1 rings (SSSR count). The van der Waals surface area contributed by atoms with Crippen LogP contribution >= 0.6 is 0 Å². The highest BCUT2D eigenvalue weighted by atomic mass is 16.5. The maximum absolute atomic E-state index is 8.85. The number of hydrogen-bond acceptors (Lipinski definition) is 2. The molecule has 16 heavy (non-hydrogen) atoms. The monoisotopic (exact) mass is 220 g/mol. The first kappa shape index (κ1) is 12.9. The molecule has 1 aromatic carbocycles. The zero-order valence-electron chi connectivity index (χ0n) is 9.86. The van der Waals surface area contributed by atoms with Gasteiger partial charge in [-0.2, -0.15) is 0 Å². The van der Waals surface area contributed by atoms with Crippen LogP contribution < -0.4 is 0 Å². The van der Waals surface area contributed by atoms with Crippen molar-refractivity contribution in [3.05, 3.63) is 48.0 Å². The van der Waals surface area contributed by atoms with Gasteiger partial charge in [0.1, 0.15) is 0 Å². The van der Waals surface area contributed by atoms with Crippen LogP contribution in [-0.2, 0) is 11.3 Å². The van der Waals surface area contributed by atoms with Crippen LogP contribution in [0.5, 0.6) is 0 Å². The number of aliphatic hydroxyl groups is 1. The second kappa shape index (κ2) is 7.20. The molecule has 2 heteroatoms. The van der Waals surface area contributed by atoms with E-state index in [-0.39, 0.29) is 6.61 Å². The summed E-state index contributed by atoms with van der Waals surface area (Å²) in [6.07, 6.45) is 0.825. The fourth-order valence-corrected chi connectivity index (χ4v) is 1.57. The van der Waals surface area contributed by atoms with Gasteiger partial charge in [-0.05, 0) is 17.9 Å². The molecule has 1 atom stereocenters. The molecule has 0 aromatic heterocycles. The summed E-state index contributed by atoms with van der Waals surface area (Å²) in [7, 11) is 0. The molecule has 0 radical (unpaired) electrons. The van der Waals surface area contributed by atoms with E-state index in [0.717, 1.165) is 12.0 Å². The summed E-state index contributed by atoms with van der Waals surface area (Å²) in [6.45, 7) is 7.30. The summed E-state index contributed by atoms with van der Waals surface area (Å²) in [4.78, 5) is 0. The van der Waals surface area contributed by atoms with Crippen LogP contribution in [0.1, 0.15) is 18.9 Å². The molecule has 0 unspecified atom stereocenters. The molecule has 0 fully saturated rings. The molecule has 0 bridgehead atoms. The molecular weight excluding hydrogens is 200 g/mol. The van der Waals surface area contributed by atoms with Crippen LogP contribution in [0.3, 0.4) is 0 Å². The van der Waals surface area contributed by atoms with Gasteiger partial charge in [0.15, 0.2) is 0 Å². The lowest BCUT2D eigenvalue weighted by Gasteiger charge is -2.12. The van der Waals surface area contributed by atoms with E-state index in [2.05, 4.69) is 25.6 Å². The van der Waals surface area contributed by atoms with E-state index in [9.17, 15) is 0 Å². The van der Waals surface area contributed by atoms with Gasteiger partial charge in [-0.3, -0.25) is 0 Å². The van der Waals surface area contributed by atoms with Crippen LogP contribution in [0, 0.1) is 5.92 Å². The van der Waals surface area contributed by atoms with Gasteiger partial charge in [-0.1, -0.05) is 49.4 Å². The van der Waals surface area contributed by atoms with Crippen molar-refractivity contribution in [3.8, 4) is 0 Å². The highest BCUT2D eigenvalue weighted by Crippen LogP contribution is 2.10. The molecule has 1 N–H and O–H groups in total. The van der Waals surface area contributed by atoms with Crippen molar-refractivity contribution in [1.29, 1.82) is 0 Å². The van der Waals surface area contributed by atoms with Gasteiger partial charge >= 0.3 is 0 Å². The summed E-state index contributed by atoms with van der Waals surface area (Å²) in [6, 6.07) is 10.1. The molecule has 1 aromatic rings. The molecule has 88 valence electrons. The van der Waals surface area contributed by atoms with Gasteiger partial charge in [-0.15, -0.1) is 0 Å². The Labute approximate surface area is 97.6 Å². The number of rotatable bonds is 7. The fraction of sp³-hybridized carbons (Fsp3) is 0.429. The minimum atomic E-state index is 0.0724. The van der Waals surface area contributed by atoms with Gasteiger partial charge < -0.3 is 9.84 Å². The number of ether oxygens (including phenoxy) is 1. The maximum atomic E-state index is 8.85. The lowest BCUT2D eigenvalue weighted by Crippen LogP contribution is -2.08. The lowest BCUT2D eigenvalue weighted by molar-refractivity contribution is 0.0913. The van der Waals surface area contributed by atoms with Crippen molar-refractivity contribution >= 4 is 0 Å². The van der Waals surface area contributed by atoms with Gasteiger partial charge in [0, 0.05) is 6.61 Å². The molecular formula is C14H20O2. The van der Waals surface area contributed by atoms with Gasteiger partial charge in [0.2, 0.25) is 0 Å². The summed E-state index contributed by atoms with van der Waals surface area (Å²) in [5.41, 5.74) is 2.06. The SMILES string of the molecule is C=C(CO)C[C@@H](C)COCc1ccccc1. The number of hydrogen-bond donors (Lipinski definition) is 1. The predicted molar refractivity (Wildman–Crippen MR) is 66.1 cm³/mol. The zero-order valence-corrected chi connectivity index (χ0v) is 9.86. The van der Waals surface area contributed by atoms with Crippen LogP contribution in [0.15, 0.2) is 42.5 Å². The average Bonchev–Trinajstić information content (AvgIpc) is 2.30. The van der Waals surface area contributed by atoms with Crippen molar-refractivity contribution in [2.75, 3.05) is 13.2 Å². The van der Waals surface area contributed by atoms with E-state index in [1.807, 2.05) is 18.2 Å². The Hall–Kier alpha value is -1.12. The Morgan fingerprint density at radius 1 is 1.38 bits per heavy atom. The third-order valence-corrected chi connectivity index (χ3v) is 2.37. The molecule has 0 saturated carbocycles. The molecule has 0 heterocycles. The van der Waals surface area contributed by atoms with Gasteiger partial charge in [-0.25, -0.2) is 0 Å². The Kier molecular flexibility index (Phi) is 5.83. The summed E-state index contributed by atoms with van der Waals surface area (Å²) in [5.74, 6) is 0.406. The van der Waals surface area contributed by atoms with Crippen molar-refractivity contribution in [2.24, 2.45) is 5.92 Å². The van der Waals surface area contributed by atoms with E-state index in [0.29, 0.717) is 19.1 Å². The summed E-state index contributed by atoms with van der Waals surface area (Å²) >= 11 is 0. The topological polar surface area (TPSA) is 29.5 Å². The molecule has 0 aliphatic heterocycles. The minimum Gasteiger partial charge on any atom is -0.392 e. The van der Waals surface area contributed by atoms with Crippen molar-refractivity contribution in [2.45, 2.75) is 20.0 Å². The smallest absolute Gasteiger partial charge is 0.0717 e. The Balaban J connectivity index is 2.18. The third-order valence-electron chi connectivity index (χ3n) is 2.37. The maximum Gasteiger partial charge on any atom is 0.0717 e. The van der Waals surface area contributed by atoms with Crippen LogP contribution in [0.4, 0.5) is 0 Å². The van der Waals surface area contributed by atoms with E-state index in [4.69, 9.17) is 9.84 Å². The van der Waals surface area contributed by atoms with Crippen molar-refractivity contribution in [1.82, 2.24) is 0 Å². The Bertz CT molecular complexity index is 306. The second-order valence-corrected chi connectivity index (χ2v) is 4.22. The molecule has 0 saturated heterocycles. The average molecular weight is 220 g/mol. The van der Waals surface area contributed by atoms with Crippen molar-refractivity contribution in [3.63, 3.8) is 0 Å². The van der Waals surface area contributed by atoms with E-state index >= 15 is 0 Å². The Morgan fingerprint density at radius 2 is 2.06 bits per heavy atom. The number of benzene rings is 1. The molecule has 0 aliphatic carbocycles. The summed E-state index contributed by atoms with van der Waals surface area (Å²) < 4.78 is 5.60. The molecule has 2 nitrogen and oxygen atoms in total. The minimum absolute atomic E-state index is 0.0724. The quantitative estimate of drug-likeness (QED) is 0.716. The zero-order chi connectivity index (χ0) is 11.8.